The minimum Gasteiger partial charge on any atom is -0.368 e. The molecule has 1 saturated carbocycles. The Morgan fingerprint density at radius 1 is 1.27 bits per heavy atom. The average Bonchev–Trinajstić information content (AvgIpc) is 3.27. The molecule has 1 aliphatic heterocycles. The third kappa shape index (κ3) is 1.98. The van der Waals surface area contributed by atoms with Crippen molar-refractivity contribution in [3.63, 3.8) is 0 Å². The number of hydrogen-bond donors (Lipinski definition) is 1. The van der Waals surface area contributed by atoms with Crippen molar-refractivity contribution in [2.24, 2.45) is 5.41 Å². The van der Waals surface area contributed by atoms with Gasteiger partial charge in [-0.05, 0) is 50.2 Å². The molecule has 2 aromatic rings. The molecule has 1 spiro atoms. The van der Waals surface area contributed by atoms with Crippen molar-refractivity contribution in [2.45, 2.75) is 32.6 Å². The molecule has 3 heterocycles. The van der Waals surface area contributed by atoms with Crippen LogP contribution in [0.3, 0.4) is 0 Å². The van der Waals surface area contributed by atoms with Gasteiger partial charge < -0.3 is 9.88 Å². The molecule has 2 aromatic heterocycles. The summed E-state index contributed by atoms with van der Waals surface area (Å²) in [4.78, 5) is 21.8. The molecule has 0 unspecified atom stereocenters. The first-order chi connectivity index (χ1) is 10.6. The maximum atomic E-state index is 12.2. The van der Waals surface area contributed by atoms with Crippen molar-refractivity contribution in [2.75, 3.05) is 18.0 Å². The van der Waals surface area contributed by atoms with Crippen LogP contribution in [0.4, 0.5) is 5.69 Å². The van der Waals surface area contributed by atoms with E-state index < -0.39 is 0 Å². The fourth-order valence-electron chi connectivity index (χ4n) is 3.54. The number of aromatic nitrogens is 2. The topological polar surface area (TPSA) is 72.8 Å². The van der Waals surface area contributed by atoms with Gasteiger partial charge in [0.05, 0.1) is 11.2 Å². The summed E-state index contributed by atoms with van der Waals surface area (Å²) in [5, 5.41) is 9.45. The number of aryl methyl sites for hydroxylation is 1. The highest BCUT2D eigenvalue weighted by molar-refractivity contribution is 5.91. The number of aromatic amines is 1. The van der Waals surface area contributed by atoms with Gasteiger partial charge in [0, 0.05) is 18.8 Å². The molecule has 1 aliphatic carbocycles. The van der Waals surface area contributed by atoms with Gasteiger partial charge in [0.15, 0.2) is 0 Å². The first-order valence-corrected chi connectivity index (χ1v) is 7.81. The van der Waals surface area contributed by atoms with Gasteiger partial charge in [0.25, 0.3) is 5.56 Å². The van der Waals surface area contributed by atoms with E-state index in [-0.39, 0.29) is 11.1 Å². The van der Waals surface area contributed by atoms with Crippen molar-refractivity contribution >= 4 is 16.7 Å². The van der Waals surface area contributed by atoms with Crippen LogP contribution in [0.15, 0.2) is 16.9 Å². The van der Waals surface area contributed by atoms with E-state index in [4.69, 9.17) is 0 Å². The Morgan fingerprint density at radius 3 is 2.64 bits per heavy atom. The SMILES string of the molecule is Cc1ccc2[nH]c(=O)c(C#N)c(N3CCC4(CC3)CC4)c2n1. The lowest BCUT2D eigenvalue weighted by Crippen LogP contribution is -2.36. The van der Waals surface area contributed by atoms with Crippen LogP contribution in [0.5, 0.6) is 0 Å². The monoisotopic (exact) mass is 294 g/mol. The molecule has 2 fully saturated rings. The summed E-state index contributed by atoms with van der Waals surface area (Å²) in [6.45, 7) is 3.74. The van der Waals surface area contributed by atoms with Crippen LogP contribution >= 0.6 is 0 Å². The first-order valence-electron chi connectivity index (χ1n) is 7.81. The Bertz CT molecular complexity index is 847. The standard InChI is InChI=1S/C17H18N4O/c1-11-2-3-13-14(19-11)15(12(10-18)16(22)20-13)21-8-6-17(4-5-17)7-9-21/h2-3H,4-9H2,1H3,(H,20,22). The fraction of sp³-hybridized carbons (Fsp3) is 0.471. The van der Waals surface area contributed by atoms with Crippen LogP contribution in [0.2, 0.25) is 0 Å². The second kappa shape index (κ2) is 4.57. The molecular formula is C17H18N4O. The van der Waals surface area contributed by atoms with E-state index in [2.05, 4.69) is 20.9 Å². The number of pyridine rings is 2. The zero-order valence-electron chi connectivity index (χ0n) is 12.6. The van der Waals surface area contributed by atoms with Crippen LogP contribution < -0.4 is 10.5 Å². The third-order valence-corrected chi connectivity index (χ3v) is 5.18. The highest BCUT2D eigenvalue weighted by Gasteiger charge is 2.44. The van der Waals surface area contributed by atoms with Gasteiger partial charge in [0.2, 0.25) is 0 Å². The summed E-state index contributed by atoms with van der Waals surface area (Å²) in [6.07, 6.45) is 4.97. The molecule has 1 N–H and O–H groups in total. The van der Waals surface area contributed by atoms with Gasteiger partial charge in [-0.1, -0.05) is 0 Å². The lowest BCUT2D eigenvalue weighted by atomic mass is 9.93. The number of fused-ring (bicyclic) bond motifs is 1. The Labute approximate surface area is 128 Å². The smallest absolute Gasteiger partial charge is 0.268 e. The van der Waals surface area contributed by atoms with Crippen molar-refractivity contribution in [1.29, 1.82) is 5.26 Å². The number of H-pyrrole nitrogens is 1. The maximum absolute atomic E-state index is 12.2. The van der Waals surface area contributed by atoms with Gasteiger partial charge in [-0.25, -0.2) is 4.98 Å². The zero-order chi connectivity index (χ0) is 15.3. The highest BCUT2D eigenvalue weighted by Crippen LogP contribution is 2.54. The van der Waals surface area contributed by atoms with Crippen LogP contribution in [-0.2, 0) is 0 Å². The largest absolute Gasteiger partial charge is 0.368 e. The lowest BCUT2D eigenvalue weighted by Gasteiger charge is -2.34. The number of hydrogen-bond acceptors (Lipinski definition) is 4. The summed E-state index contributed by atoms with van der Waals surface area (Å²) in [5.41, 5.74) is 3.49. The second-order valence-corrected chi connectivity index (χ2v) is 6.63. The van der Waals surface area contributed by atoms with Crippen LogP contribution in [0, 0.1) is 23.7 Å². The Hall–Kier alpha value is -2.35. The molecule has 0 radical (unpaired) electrons. The summed E-state index contributed by atoms with van der Waals surface area (Å²) in [7, 11) is 0. The molecule has 0 amide bonds. The van der Waals surface area contributed by atoms with E-state index in [0.29, 0.717) is 10.9 Å². The average molecular weight is 294 g/mol. The number of nitriles is 1. The zero-order valence-corrected chi connectivity index (χ0v) is 12.6. The lowest BCUT2D eigenvalue weighted by molar-refractivity contribution is 0.384. The molecule has 0 atom stereocenters. The summed E-state index contributed by atoms with van der Waals surface area (Å²) in [6, 6.07) is 5.83. The quantitative estimate of drug-likeness (QED) is 0.877. The van der Waals surface area contributed by atoms with E-state index in [0.717, 1.165) is 42.8 Å². The van der Waals surface area contributed by atoms with Crippen molar-refractivity contribution in [1.82, 2.24) is 9.97 Å². The van der Waals surface area contributed by atoms with Crippen LogP contribution in [0.25, 0.3) is 11.0 Å². The normalized spacial score (nSPS) is 19.4. The number of nitrogens with one attached hydrogen (secondary N) is 1. The summed E-state index contributed by atoms with van der Waals surface area (Å²) in [5.74, 6) is 0. The maximum Gasteiger partial charge on any atom is 0.268 e. The van der Waals surface area contributed by atoms with Crippen molar-refractivity contribution in [3.05, 3.63) is 33.7 Å². The number of anilines is 1. The number of piperidine rings is 1. The Morgan fingerprint density at radius 2 is 2.00 bits per heavy atom. The van der Waals surface area contributed by atoms with E-state index in [9.17, 15) is 10.1 Å². The van der Waals surface area contributed by atoms with Gasteiger partial charge in [-0.15, -0.1) is 0 Å². The van der Waals surface area contributed by atoms with E-state index in [1.807, 2.05) is 19.1 Å². The van der Waals surface area contributed by atoms with Crippen molar-refractivity contribution < 1.29 is 0 Å². The van der Waals surface area contributed by atoms with Crippen molar-refractivity contribution in [3.8, 4) is 6.07 Å². The molecule has 1 saturated heterocycles. The first kappa shape index (κ1) is 13.3. The summed E-state index contributed by atoms with van der Waals surface area (Å²) < 4.78 is 0. The highest BCUT2D eigenvalue weighted by atomic mass is 16.1. The van der Waals surface area contributed by atoms with E-state index in [1.165, 1.54) is 12.8 Å². The van der Waals surface area contributed by atoms with Gasteiger partial charge in [-0.3, -0.25) is 4.79 Å². The molecule has 4 rings (SSSR count). The Balaban J connectivity index is 1.88. The molecule has 5 nitrogen and oxygen atoms in total. The van der Waals surface area contributed by atoms with E-state index in [1.54, 1.807) is 0 Å². The predicted octanol–water partition coefficient (Wildman–Crippen LogP) is 2.48. The van der Waals surface area contributed by atoms with Gasteiger partial charge in [0.1, 0.15) is 17.1 Å². The minimum atomic E-state index is -0.317. The Kier molecular flexibility index (Phi) is 2.77. The molecule has 2 aliphatic rings. The van der Waals surface area contributed by atoms with Gasteiger partial charge in [-0.2, -0.15) is 5.26 Å². The second-order valence-electron chi connectivity index (χ2n) is 6.63. The predicted molar refractivity (Wildman–Crippen MR) is 84.9 cm³/mol. The molecule has 0 bridgehead atoms. The molecule has 0 aromatic carbocycles. The third-order valence-electron chi connectivity index (χ3n) is 5.18. The molecule has 112 valence electrons. The van der Waals surface area contributed by atoms with Gasteiger partial charge >= 0.3 is 0 Å². The molecule has 22 heavy (non-hydrogen) atoms. The number of rotatable bonds is 1. The molecular weight excluding hydrogens is 276 g/mol. The fourth-order valence-corrected chi connectivity index (χ4v) is 3.54. The van der Waals surface area contributed by atoms with Crippen LogP contribution in [0.1, 0.15) is 36.9 Å². The minimum absolute atomic E-state index is 0.192. The molecule has 5 heteroatoms. The van der Waals surface area contributed by atoms with E-state index >= 15 is 0 Å². The van der Waals surface area contributed by atoms with Crippen LogP contribution in [-0.4, -0.2) is 23.1 Å². The summed E-state index contributed by atoms with van der Waals surface area (Å²) >= 11 is 0. The number of nitrogens with zero attached hydrogens (tertiary/aromatic N) is 3.